The number of carbonyl (C=O) groups is 1. The third-order valence-electron chi connectivity index (χ3n) is 3.86. The number of carbonyl (C=O) groups excluding carboxylic acids is 1. The predicted molar refractivity (Wildman–Crippen MR) is 103 cm³/mol. The molecule has 0 N–H and O–H groups in total. The maximum atomic E-state index is 12.3. The molecule has 0 radical (unpaired) electrons. The lowest BCUT2D eigenvalue weighted by atomic mass is 10.2. The van der Waals surface area contributed by atoms with Crippen molar-refractivity contribution in [3.8, 4) is 27.8 Å². The van der Waals surface area contributed by atoms with Crippen molar-refractivity contribution in [2.75, 3.05) is 21.3 Å². The fourth-order valence-electron chi connectivity index (χ4n) is 2.43. The lowest BCUT2D eigenvalue weighted by molar-refractivity contribution is 0.0468. The Morgan fingerprint density at radius 3 is 2.37 bits per heavy atom. The molecule has 0 unspecified atom stereocenters. The third kappa shape index (κ3) is 4.38. The molecule has 140 valence electrons. The van der Waals surface area contributed by atoms with Crippen LogP contribution in [0.1, 0.15) is 16.1 Å². The summed E-state index contributed by atoms with van der Waals surface area (Å²) < 4.78 is 20.9. The molecule has 0 fully saturated rings. The Hall–Kier alpha value is -3.06. The molecule has 0 atom stereocenters. The second-order valence-electron chi connectivity index (χ2n) is 5.52. The first-order valence-electron chi connectivity index (χ1n) is 8.12. The van der Waals surface area contributed by atoms with Crippen LogP contribution < -0.4 is 14.2 Å². The maximum absolute atomic E-state index is 12.3. The van der Waals surface area contributed by atoms with Gasteiger partial charge in [0.05, 0.1) is 32.6 Å². The van der Waals surface area contributed by atoms with Crippen molar-refractivity contribution in [1.82, 2.24) is 4.98 Å². The maximum Gasteiger partial charge on any atom is 0.338 e. The van der Waals surface area contributed by atoms with Gasteiger partial charge in [-0.1, -0.05) is 0 Å². The number of esters is 1. The van der Waals surface area contributed by atoms with Crippen LogP contribution >= 0.6 is 11.3 Å². The first kappa shape index (κ1) is 18.7. The van der Waals surface area contributed by atoms with Gasteiger partial charge in [0.1, 0.15) is 17.4 Å². The van der Waals surface area contributed by atoms with Gasteiger partial charge >= 0.3 is 5.97 Å². The molecule has 1 heterocycles. The summed E-state index contributed by atoms with van der Waals surface area (Å²) in [6, 6.07) is 12.5. The number of hydrogen-bond acceptors (Lipinski definition) is 7. The molecule has 6 nitrogen and oxygen atoms in total. The molecule has 0 bridgehead atoms. The van der Waals surface area contributed by atoms with Gasteiger partial charge in [0.15, 0.2) is 11.5 Å². The highest BCUT2D eigenvalue weighted by molar-refractivity contribution is 7.13. The van der Waals surface area contributed by atoms with E-state index < -0.39 is 5.97 Å². The molecule has 0 aliphatic carbocycles. The molecule has 0 saturated carbocycles. The number of thiazole rings is 1. The number of aromatic nitrogens is 1. The molecule has 1 aromatic heterocycles. The molecule has 3 rings (SSSR count). The Morgan fingerprint density at radius 1 is 0.963 bits per heavy atom. The fraction of sp³-hybridized carbons (Fsp3) is 0.200. The van der Waals surface area contributed by atoms with E-state index in [1.165, 1.54) is 18.4 Å². The van der Waals surface area contributed by atoms with Crippen LogP contribution in [0.4, 0.5) is 0 Å². The van der Waals surface area contributed by atoms with E-state index in [0.29, 0.717) is 22.8 Å². The number of benzene rings is 2. The summed E-state index contributed by atoms with van der Waals surface area (Å²) in [5.41, 5.74) is 2.07. The highest BCUT2D eigenvalue weighted by atomic mass is 32.1. The largest absolute Gasteiger partial charge is 0.497 e. The summed E-state index contributed by atoms with van der Waals surface area (Å²) in [6.07, 6.45) is 0. The average Bonchev–Trinajstić information content (AvgIpc) is 3.20. The van der Waals surface area contributed by atoms with Crippen LogP contribution in [0.2, 0.25) is 0 Å². The Kier molecular flexibility index (Phi) is 5.93. The van der Waals surface area contributed by atoms with E-state index in [9.17, 15) is 4.79 Å². The molecule has 2 aromatic carbocycles. The third-order valence-corrected chi connectivity index (χ3v) is 4.80. The van der Waals surface area contributed by atoms with Gasteiger partial charge in [0.25, 0.3) is 0 Å². The zero-order valence-electron chi connectivity index (χ0n) is 15.2. The summed E-state index contributed by atoms with van der Waals surface area (Å²) in [5, 5.41) is 2.73. The molecular formula is C20H19NO5S. The summed E-state index contributed by atoms with van der Waals surface area (Å²) in [7, 11) is 4.69. The second kappa shape index (κ2) is 8.55. The molecular weight excluding hydrogens is 366 g/mol. The minimum atomic E-state index is -0.449. The van der Waals surface area contributed by atoms with Crippen molar-refractivity contribution < 1.29 is 23.7 Å². The van der Waals surface area contributed by atoms with Crippen molar-refractivity contribution in [1.29, 1.82) is 0 Å². The SMILES string of the molecule is COc1ccc(-c2nc(COC(=O)c3ccc(OC)c(OC)c3)cs2)cc1. The van der Waals surface area contributed by atoms with Crippen molar-refractivity contribution >= 4 is 17.3 Å². The van der Waals surface area contributed by atoms with E-state index in [2.05, 4.69) is 4.98 Å². The van der Waals surface area contributed by atoms with Crippen LogP contribution in [0, 0.1) is 0 Å². The van der Waals surface area contributed by atoms with E-state index in [-0.39, 0.29) is 6.61 Å². The normalized spacial score (nSPS) is 10.3. The zero-order chi connectivity index (χ0) is 19.2. The quantitative estimate of drug-likeness (QED) is 0.568. The van der Waals surface area contributed by atoms with Gasteiger partial charge in [-0.15, -0.1) is 11.3 Å². The molecule has 7 heteroatoms. The lowest BCUT2D eigenvalue weighted by Crippen LogP contribution is -2.06. The fourth-order valence-corrected chi connectivity index (χ4v) is 3.24. The first-order valence-corrected chi connectivity index (χ1v) is 9.00. The summed E-state index contributed by atoms with van der Waals surface area (Å²) in [5.74, 6) is 1.37. The van der Waals surface area contributed by atoms with E-state index in [1.807, 2.05) is 29.6 Å². The number of hydrogen-bond donors (Lipinski definition) is 0. The van der Waals surface area contributed by atoms with Crippen LogP contribution in [0.25, 0.3) is 10.6 Å². The minimum absolute atomic E-state index is 0.0971. The van der Waals surface area contributed by atoms with Crippen molar-refractivity contribution in [2.45, 2.75) is 6.61 Å². The summed E-state index contributed by atoms with van der Waals surface area (Å²) in [6.45, 7) is 0.0971. The van der Waals surface area contributed by atoms with Gasteiger partial charge in [0.2, 0.25) is 0 Å². The first-order chi connectivity index (χ1) is 13.1. The molecule has 0 spiro atoms. The van der Waals surface area contributed by atoms with Crippen LogP contribution in [0.3, 0.4) is 0 Å². The summed E-state index contributed by atoms with van der Waals surface area (Å²) in [4.78, 5) is 16.8. The van der Waals surface area contributed by atoms with Crippen LogP contribution in [0.5, 0.6) is 17.2 Å². The Bertz CT molecular complexity index is 920. The second-order valence-corrected chi connectivity index (χ2v) is 6.38. The van der Waals surface area contributed by atoms with Crippen LogP contribution in [-0.4, -0.2) is 32.3 Å². The number of methoxy groups -OCH3 is 3. The Balaban J connectivity index is 1.65. The molecule has 3 aromatic rings. The molecule has 0 aliphatic heterocycles. The van der Waals surface area contributed by atoms with Gasteiger partial charge in [-0.05, 0) is 42.5 Å². The van der Waals surface area contributed by atoms with Gasteiger partial charge in [-0.3, -0.25) is 0 Å². The van der Waals surface area contributed by atoms with Gasteiger partial charge in [-0.25, -0.2) is 9.78 Å². The van der Waals surface area contributed by atoms with Crippen LogP contribution in [0.15, 0.2) is 47.8 Å². The van der Waals surface area contributed by atoms with E-state index in [0.717, 1.165) is 16.3 Å². The minimum Gasteiger partial charge on any atom is -0.497 e. The van der Waals surface area contributed by atoms with Crippen LogP contribution in [-0.2, 0) is 11.3 Å². The highest BCUT2D eigenvalue weighted by Gasteiger charge is 2.13. The lowest BCUT2D eigenvalue weighted by Gasteiger charge is -2.09. The predicted octanol–water partition coefficient (Wildman–Crippen LogP) is 4.19. The molecule has 0 saturated heterocycles. The monoisotopic (exact) mass is 385 g/mol. The van der Waals surface area contributed by atoms with E-state index in [4.69, 9.17) is 18.9 Å². The van der Waals surface area contributed by atoms with E-state index in [1.54, 1.807) is 32.4 Å². The Labute approximate surface area is 161 Å². The smallest absolute Gasteiger partial charge is 0.338 e. The van der Waals surface area contributed by atoms with Crippen molar-refractivity contribution in [2.24, 2.45) is 0 Å². The molecule has 0 aliphatic rings. The average molecular weight is 385 g/mol. The van der Waals surface area contributed by atoms with Gasteiger partial charge < -0.3 is 18.9 Å². The molecule has 27 heavy (non-hydrogen) atoms. The number of ether oxygens (including phenoxy) is 4. The Morgan fingerprint density at radius 2 is 1.70 bits per heavy atom. The van der Waals surface area contributed by atoms with Gasteiger partial charge in [-0.2, -0.15) is 0 Å². The van der Waals surface area contributed by atoms with Gasteiger partial charge in [0, 0.05) is 10.9 Å². The van der Waals surface area contributed by atoms with Crippen molar-refractivity contribution in [3.05, 3.63) is 59.1 Å². The van der Waals surface area contributed by atoms with Crippen molar-refractivity contribution in [3.63, 3.8) is 0 Å². The van der Waals surface area contributed by atoms with E-state index >= 15 is 0 Å². The summed E-state index contributed by atoms with van der Waals surface area (Å²) >= 11 is 1.49. The highest BCUT2D eigenvalue weighted by Crippen LogP contribution is 2.28. The molecule has 0 amide bonds. The number of rotatable bonds is 7. The zero-order valence-corrected chi connectivity index (χ0v) is 16.0. The number of nitrogens with zero attached hydrogens (tertiary/aromatic N) is 1. The topological polar surface area (TPSA) is 66.9 Å². The standard InChI is InChI=1S/C20H19NO5S/c1-23-16-7-4-13(5-8-16)19-21-15(12-27-19)11-26-20(22)14-6-9-17(24-2)18(10-14)25-3/h4-10,12H,11H2,1-3H3.